The first-order valence-electron chi connectivity index (χ1n) is 16.8. The average molecular weight is 673 g/mol. The van der Waals surface area contributed by atoms with E-state index < -0.39 is 37.3 Å². The van der Waals surface area contributed by atoms with Crippen molar-refractivity contribution < 1.29 is 36.5 Å². The van der Waals surface area contributed by atoms with E-state index >= 15 is 0 Å². The number of benzene rings is 1. The lowest BCUT2D eigenvalue weighted by Crippen LogP contribution is -2.50. The van der Waals surface area contributed by atoms with Gasteiger partial charge < -0.3 is 23.8 Å². The smallest absolute Gasteiger partial charge is 0.417 e. The second-order valence-corrected chi connectivity index (χ2v) is 20.9. The summed E-state index contributed by atoms with van der Waals surface area (Å²) < 4.78 is 68.7. The highest BCUT2D eigenvalue weighted by Gasteiger charge is 2.57. The Morgan fingerprint density at radius 1 is 1.02 bits per heavy atom. The molecule has 256 valence electrons. The van der Waals surface area contributed by atoms with Gasteiger partial charge in [0, 0.05) is 57.2 Å². The first-order chi connectivity index (χ1) is 21.9. The normalized spacial score (nSPS) is 24.5. The lowest BCUT2D eigenvalue weighted by molar-refractivity contribution is -0.627. The summed E-state index contributed by atoms with van der Waals surface area (Å²) in [5.41, 5.74) is 1.90. The van der Waals surface area contributed by atoms with Gasteiger partial charge in [-0.2, -0.15) is 23.2 Å². The van der Waals surface area contributed by atoms with Gasteiger partial charge in [0.15, 0.2) is 14.0 Å². The Labute approximate surface area is 277 Å². The Balaban J connectivity index is 1.67. The SMILES string of the molecule is CC1(C)Cc2c(c3c(c(C4CCOCC4)[n+]2[O-])[C@@H](c2ccc(C(F)(F)F)c(C#N)c2)OC32CCOCC2)C(O[Si](C)(C)C(C)(C)C)C1. The minimum absolute atomic E-state index is 0.0727. The highest BCUT2D eigenvalue weighted by atomic mass is 28.4. The number of halogens is 3. The van der Waals surface area contributed by atoms with E-state index in [2.05, 4.69) is 47.7 Å². The zero-order valence-electron chi connectivity index (χ0n) is 28.6. The van der Waals surface area contributed by atoms with Gasteiger partial charge in [0.1, 0.15) is 6.10 Å². The predicted molar refractivity (Wildman–Crippen MR) is 172 cm³/mol. The maximum Gasteiger partial charge on any atom is 0.417 e. The molecule has 2 atom stereocenters. The number of ether oxygens (including phenoxy) is 3. The zero-order valence-corrected chi connectivity index (χ0v) is 29.6. The topological polar surface area (TPSA) is 87.7 Å². The zero-order chi connectivity index (χ0) is 34.2. The van der Waals surface area contributed by atoms with Crippen LogP contribution in [0.3, 0.4) is 0 Å². The van der Waals surface area contributed by atoms with Crippen LogP contribution in [0.25, 0.3) is 0 Å². The summed E-state index contributed by atoms with van der Waals surface area (Å²) >= 11 is 0. The Morgan fingerprint density at radius 2 is 1.66 bits per heavy atom. The third-order valence-electron chi connectivity index (χ3n) is 11.3. The van der Waals surface area contributed by atoms with Crippen molar-refractivity contribution in [2.24, 2.45) is 5.41 Å². The van der Waals surface area contributed by atoms with E-state index in [-0.39, 0.29) is 22.5 Å². The third kappa shape index (κ3) is 6.03. The molecule has 1 aromatic carbocycles. The molecular weight excluding hydrogens is 625 g/mol. The first kappa shape index (κ1) is 34.4. The fourth-order valence-corrected chi connectivity index (χ4v) is 9.15. The highest BCUT2D eigenvalue weighted by molar-refractivity contribution is 6.74. The number of rotatable bonds is 4. The van der Waals surface area contributed by atoms with Gasteiger partial charge in [0.2, 0.25) is 5.69 Å². The van der Waals surface area contributed by atoms with Crippen LogP contribution in [0.4, 0.5) is 13.2 Å². The van der Waals surface area contributed by atoms with E-state index in [9.17, 15) is 23.6 Å². The number of fused-ring (bicyclic) bond motifs is 4. The van der Waals surface area contributed by atoms with Crippen molar-refractivity contribution in [3.63, 3.8) is 0 Å². The van der Waals surface area contributed by atoms with Gasteiger partial charge in [-0.15, -0.1) is 0 Å². The van der Waals surface area contributed by atoms with Crippen LogP contribution in [0.15, 0.2) is 18.2 Å². The second-order valence-electron chi connectivity index (χ2n) is 16.1. The highest BCUT2D eigenvalue weighted by Crippen LogP contribution is 2.59. The molecule has 2 fully saturated rings. The molecule has 1 unspecified atom stereocenters. The quantitative estimate of drug-likeness (QED) is 0.185. The largest absolute Gasteiger partial charge is 0.618 e. The van der Waals surface area contributed by atoms with Crippen molar-refractivity contribution >= 4 is 8.32 Å². The molecular formula is C36H47F3N2O5Si. The van der Waals surface area contributed by atoms with Crippen LogP contribution in [0.1, 0.15) is 130 Å². The van der Waals surface area contributed by atoms with E-state index in [4.69, 9.17) is 18.6 Å². The van der Waals surface area contributed by atoms with Crippen LogP contribution in [0.5, 0.6) is 0 Å². The molecule has 1 aromatic heterocycles. The van der Waals surface area contributed by atoms with Gasteiger partial charge in [0.05, 0.1) is 40.0 Å². The van der Waals surface area contributed by atoms with Gasteiger partial charge in [0.25, 0.3) is 0 Å². The molecule has 1 spiro atoms. The molecule has 4 aliphatic rings. The Morgan fingerprint density at radius 3 is 2.26 bits per heavy atom. The second kappa shape index (κ2) is 11.8. The standard InChI is InChI=1S/C36H47F3N2O5Si/c1-33(2,3)47(6,7)46-27-20-34(4,5)19-26-28(27)30-29(31(41(26)42)22-10-14-43-15-11-22)32(45-35(30)12-16-44-17-13-35)23-8-9-25(36(37,38)39)24(18-23)21-40/h8-9,18,22,27,32H,10-17,19-20H2,1-7H3/t27?,32-/m1/s1. The lowest BCUT2D eigenvalue weighted by atomic mass is 9.69. The molecule has 6 rings (SSSR count). The summed E-state index contributed by atoms with van der Waals surface area (Å²) in [7, 11) is -2.33. The molecule has 0 amide bonds. The van der Waals surface area contributed by atoms with Gasteiger partial charge in [-0.3, -0.25) is 0 Å². The molecule has 1 aliphatic carbocycles. The number of nitriles is 1. The molecule has 3 aliphatic heterocycles. The van der Waals surface area contributed by atoms with E-state index in [1.807, 2.05) is 0 Å². The van der Waals surface area contributed by atoms with Crippen LogP contribution in [0, 0.1) is 22.0 Å². The Bertz CT molecular complexity index is 1580. The predicted octanol–water partition coefficient (Wildman–Crippen LogP) is 8.27. The van der Waals surface area contributed by atoms with Gasteiger partial charge >= 0.3 is 6.18 Å². The fraction of sp³-hybridized carbons (Fsp3) is 0.667. The van der Waals surface area contributed by atoms with Gasteiger partial charge in [-0.1, -0.05) is 40.7 Å². The van der Waals surface area contributed by atoms with Crippen LogP contribution in [-0.4, -0.2) is 34.7 Å². The van der Waals surface area contributed by atoms with Crippen molar-refractivity contribution in [3.8, 4) is 6.07 Å². The van der Waals surface area contributed by atoms with Crippen molar-refractivity contribution in [3.05, 3.63) is 68.2 Å². The van der Waals surface area contributed by atoms with Crippen LogP contribution in [-0.2, 0) is 36.8 Å². The molecule has 4 heterocycles. The molecule has 2 aromatic rings. The number of aromatic nitrogens is 1. The average Bonchev–Trinajstić information content (AvgIpc) is 3.29. The maximum absolute atomic E-state index is 15.0. The summed E-state index contributed by atoms with van der Waals surface area (Å²) in [4.78, 5) is 0. The maximum atomic E-state index is 15.0. The van der Waals surface area contributed by atoms with E-state index in [1.54, 1.807) is 6.07 Å². The van der Waals surface area contributed by atoms with Crippen LogP contribution < -0.4 is 4.73 Å². The van der Waals surface area contributed by atoms with E-state index in [0.29, 0.717) is 75.5 Å². The summed E-state index contributed by atoms with van der Waals surface area (Å²) in [5.74, 6) is -0.115. The molecule has 0 bridgehead atoms. The van der Waals surface area contributed by atoms with Crippen molar-refractivity contribution in [2.45, 2.75) is 121 Å². The van der Waals surface area contributed by atoms with Crippen LogP contribution in [0.2, 0.25) is 18.1 Å². The Kier molecular flexibility index (Phi) is 8.65. The molecule has 0 saturated carbocycles. The lowest BCUT2D eigenvalue weighted by Gasteiger charge is -2.45. The minimum Gasteiger partial charge on any atom is -0.618 e. The number of hydrogen-bond acceptors (Lipinski definition) is 6. The van der Waals surface area contributed by atoms with E-state index in [0.717, 1.165) is 33.9 Å². The molecule has 7 nitrogen and oxygen atoms in total. The molecule has 0 radical (unpaired) electrons. The van der Waals surface area contributed by atoms with Crippen molar-refractivity contribution in [1.29, 1.82) is 5.26 Å². The number of pyridine rings is 1. The van der Waals surface area contributed by atoms with Crippen molar-refractivity contribution in [1.82, 2.24) is 0 Å². The summed E-state index contributed by atoms with van der Waals surface area (Å²) in [6.07, 6.45) is -2.16. The monoisotopic (exact) mass is 672 g/mol. The molecule has 2 saturated heterocycles. The number of nitrogens with zero attached hydrogens (tertiary/aromatic N) is 2. The van der Waals surface area contributed by atoms with Gasteiger partial charge in [-0.25, -0.2) is 0 Å². The third-order valence-corrected chi connectivity index (χ3v) is 15.8. The summed E-state index contributed by atoms with van der Waals surface area (Å²) in [6, 6.07) is 5.43. The Hall–Kier alpha value is -2.49. The summed E-state index contributed by atoms with van der Waals surface area (Å²) in [5, 5.41) is 24.7. The van der Waals surface area contributed by atoms with Crippen LogP contribution >= 0.6 is 0 Å². The molecule has 0 N–H and O–H groups in total. The molecule has 47 heavy (non-hydrogen) atoms. The van der Waals surface area contributed by atoms with Crippen molar-refractivity contribution in [2.75, 3.05) is 26.4 Å². The molecule has 11 heteroatoms. The van der Waals surface area contributed by atoms with Gasteiger partial charge in [-0.05, 0) is 60.5 Å². The minimum atomic E-state index is -4.68. The first-order valence-corrected chi connectivity index (χ1v) is 19.7. The van der Waals surface area contributed by atoms with E-state index in [1.165, 1.54) is 12.1 Å². The number of alkyl halides is 3. The summed E-state index contributed by atoms with van der Waals surface area (Å²) in [6.45, 7) is 17.4. The fourth-order valence-electron chi connectivity index (χ4n) is 7.88. The number of hydrogen-bond donors (Lipinski definition) is 0.